The molecule has 0 unspecified atom stereocenters. The number of carbonyl (C=O) groups is 2. The molecule has 0 saturated heterocycles. The first-order valence-corrected chi connectivity index (χ1v) is 8.35. The zero-order chi connectivity index (χ0) is 14.7. The largest absolute Gasteiger partial charge is 0.451 e. The minimum Gasteiger partial charge on any atom is -0.451 e. The fourth-order valence-corrected chi connectivity index (χ4v) is 3.71. The van der Waals surface area contributed by atoms with Crippen molar-refractivity contribution in [2.45, 2.75) is 4.90 Å². The molecule has 6 heteroatoms. The van der Waals surface area contributed by atoms with Crippen molar-refractivity contribution in [3.8, 4) is 0 Å². The van der Waals surface area contributed by atoms with Gasteiger partial charge >= 0.3 is 5.97 Å². The zero-order valence-corrected chi connectivity index (χ0v) is 12.8. The summed E-state index contributed by atoms with van der Waals surface area (Å²) >= 11 is 3.04. The predicted molar refractivity (Wildman–Crippen MR) is 84.1 cm³/mol. The minimum atomic E-state index is -0.446. The van der Waals surface area contributed by atoms with E-state index in [2.05, 4.69) is 0 Å². The van der Waals surface area contributed by atoms with Gasteiger partial charge < -0.3 is 9.64 Å². The molecule has 1 amide bonds. The van der Waals surface area contributed by atoms with Gasteiger partial charge in [0.2, 0.25) is 0 Å². The molecule has 1 aliphatic heterocycles. The van der Waals surface area contributed by atoms with Crippen LogP contribution in [0.1, 0.15) is 9.67 Å². The van der Waals surface area contributed by atoms with Gasteiger partial charge in [-0.2, -0.15) is 0 Å². The van der Waals surface area contributed by atoms with Crippen molar-refractivity contribution in [1.29, 1.82) is 0 Å². The highest BCUT2D eigenvalue weighted by Gasteiger charge is 2.23. The molecule has 0 saturated carbocycles. The number of amides is 1. The molecule has 0 atom stereocenters. The summed E-state index contributed by atoms with van der Waals surface area (Å²) in [5, 5.41) is 1.80. The first-order chi connectivity index (χ1) is 10.3. The molecular formula is C15H13NO3S2. The smallest absolute Gasteiger partial charge is 0.348 e. The lowest BCUT2D eigenvalue weighted by Gasteiger charge is -2.28. The molecule has 108 valence electrons. The highest BCUT2D eigenvalue weighted by molar-refractivity contribution is 7.99. The number of rotatable bonds is 3. The average molecular weight is 319 g/mol. The molecule has 4 nitrogen and oxygen atoms in total. The third-order valence-corrected chi connectivity index (χ3v) is 4.97. The molecule has 1 aromatic heterocycles. The van der Waals surface area contributed by atoms with Gasteiger partial charge in [-0.05, 0) is 23.6 Å². The first-order valence-electron chi connectivity index (χ1n) is 6.48. The Morgan fingerprint density at radius 3 is 2.86 bits per heavy atom. The number of fused-ring (bicyclic) bond motifs is 1. The van der Waals surface area contributed by atoms with Gasteiger partial charge in [0.25, 0.3) is 5.91 Å². The maximum absolute atomic E-state index is 12.3. The monoisotopic (exact) mass is 319 g/mol. The van der Waals surface area contributed by atoms with Crippen LogP contribution in [0.3, 0.4) is 0 Å². The van der Waals surface area contributed by atoms with Crippen LogP contribution >= 0.6 is 23.1 Å². The van der Waals surface area contributed by atoms with E-state index in [0.717, 1.165) is 16.3 Å². The van der Waals surface area contributed by atoms with E-state index in [-0.39, 0.29) is 12.5 Å². The lowest BCUT2D eigenvalue weighted by atomic mass is 10.2. The first kappa shape index (κ1) is 14.2. The average Bonchev–Trinajstić information content (AvgIpc) is 3.06. The summed E-state index contributed by atoms with van der Waals surface area (Å²) < 4.78 is 5.09. The fourth-order valence-electron chi connectivity index (χ4n) is 2.10. The van der Waals surface area contributed by atoms with Crippen LogP contribution in [0.2, 0.25) is 0 Å². The number of thiophene rings is 1. The summed E-state index contributed by atoms with van der Waals surface area (Å²) in [6.45, 7) is 0.410. The molecule has 0 spiro atoms. The molecule has 0 bridgehead atoms. The molecule has 1 aromatic carbocycles. The van der Waals surface area contributed by atoms with Crippen LogP contribution in [0, 0.1) is 0 Å². The van der Waals surface area contributed by atoms with E-state index in [0.29, 0.717) is 11.4 Å². The van der Waals surface area contributed by atoms with Crippen molar-refractivity contribution in [1.82, 2.24) is 0 Å². The van der Waals surface area contributed by atoms with E-state index in [4.69, 9.17) is 4.74 Å². The number of hydrogen-bond acceptors (Lipinski definition) is 5. The number of para-hydroxylation sites is 1. The van der Waals surface area contributed by atoms with Crippen molar-refractivity contribution in [2.75, 3.05) is 23.8 Å². The SMILES string of the molecule is O=C(OCC(=O)N1CCSc2ccccc21)c1cccs1. The van der Waals surface area contributed by atoms with Gasteiger partial charge in [-0.1, -0.05) is 18.2 Å². The van der Waals surface area contributed by atoms with Gasteiger partial charge in [-0.15, -0.1) is 23.1 Å². The molecule has 0 fully saturated rings. The second-order valence-electron chi connectivity index (χ2n) is 4.41. The van der Waals surface area contributed by atoms with E-state index in [1.807, 2.05) is 24.3 Å². The van der Waals surface area contributed by atoms with Gasteiger partial charge in [0.05, 0.1) is 5.69 Å². The highest BCUT2D eigenvalue weighted by Crippen LogP contribution is 2.34. The summed E-state index contributed by atoms with van der Waals surface area (Å²) in [5.41, 5.74) is 0.894. The molecule has 0 N–H and O–H groups in total. The third kappa shape index (κ3) is 3.11. The summed E-state index contributed by atoms with van der Waals surface area (Å²) in [6, 6.07) is 11.2. The Hall–Kier alpha value is -1.79. The molecule has 2 heterocycles. The van der Waals surface area contributed by atoms with Gasteiger partial charge in [0.15, 0.2) is 6.61 Å². The number of hydrogen-bond donors (Lipinski definition) is 0. The van der Waals surface area contributed by atoms with Gasteiger partial charge in [-0.3, -0.25) is 4.79 Å². The van der Waals surface area contributed by atoms with Gasteiger partial charge in [0, 0.05) is 17.2 Å². The maximum Gasteiger partial charge on any atom is 0.348 e. The Kier molecular flexibility index (Phi) is 4.26. The van der Waals surface area contributed by atoms with E-state index in [1.165, 1.54) is 11.3 Å². The number of esters is 1. The van der Waals surface area contributed by atoms with Crippen molar-refractivity contribution in [3.63, 3.8) is 0 Å². The van der Waals surface area contributed by atoms with E-state index in [1.54, 1.807) is 34.2 Å². The molecule has 21 heavy (non-hydrogen) atoms. The number of carbonyl (C=O) groups excluding carboxylic acids is 2. The standard InChI is InChI=1S/C15H13NO3S2/c17-14(10-19-15(18)13-6-3-8-20-13)16-7-9-21-12-5-2-1-4-11(12)16/h1-6,8H,7,9-10H2. The second kappa shape index (κ2) is 6.32. The topological polar surface area (TPSA) is 46.6 Å². The zero-order valence-electron chi connectivity index (χ0n) is 11.2. The number of benzene rings is 1. The number of nitrogens with zero attached hydrogens (tertiary/aromatic N) is 1. The van der Waals surface area contributed by atoms with Crippen LogP contribution < -0.4 is 4.90 Å². The molecule has 0 aliphatic carbocycles. The Balaban J connectivity index is 1.65. The Morgan fingerprint density at radius 2 is 2.05 bits per heavy atom. The van der Waals surface area contributed by atoms with E-state index < -0.39 is 5.97 Å². The lowest BCUT2D eigenvalue weighted by Crippen LogP contribution is -2.38. The molecular weight excluding hydrogens is 306 g/mol. The predicted octanol–water partition coefficient (Wildman–Crippen LogP) is 3.04. The van der Waals surface area contributed by atoms with Crippen molar-refractivity contribution < 1.29 is 14.3 Å². The van der Waals surface area contributed by atoms with Crippen LogP contribution in [0.15, 0.2) is 46.7 Å². The Morgan fingerprint density at radius 1 is 1.19 bits per heavy atom. The van der Waals surface area contributed by atoms with E-state index >= 15 is 0 Å². The summed E-state index contributed by atoms with van der Waals surface area (Å²) in [6.07, 6.45) is 0. The van der Waals surface area contributed by atoms with Crippen LogP contribution in [0.5, 0.6) is 0 Å². The van der Waals surface area contributed by atoms with Crippen molar-refractivity contribution in [2.24, 2.45) is 0 Å². The number of thioether (sulfide) groups is 1. The second-order valence-corrected chi connectivity index (χ2v) is 6.50. The minimum absolute atomic E-state index is 0.187. The fraction of sp³-hybridized carbons (Fsp3) is 0.200. The maximum atomic E-state index is 12.3. The molecule has 2 aromatic rings. The molecule has 0 radical (unpaired) electrons. The Labute approximate surface area is 130 Å². The number of ether oxygens (including phenoxy) is 1. The van der Waals surface area contributed by atoms with Gasteiger partial charge in [0.1, 0.15) is 4.88 Å². The highest BCUT2D eigenvalue weighted by atomic mass is 32.2. The quantitative estimate of drug-likeness (QED) is 0.816. The van der Waals surface area contributed by atoms with Crippen LogP contribution in [0.25, 0.3) is 0 Å². The third-order valence-electron chi connectivity index (χ3n) is 3.08. The van der Waals surface area contributed by atoms with Crippen molar-refractivity contribution >= 4 is 40.7 Å². The summed E-state index contributed by atoms with van der Waals surface area (Å²) in [4.78, 5) is 27.3. The lowest BCUT2D eigenvalue weighted by molar-refractivity contribution is -0.121. The summed E-state index contributed by atoms with van der Waals surface area (Å²) in [5.74, 6) is 0.215. The van der Waals surface area contributed by atoms with Crippen LogP contribution in [0.4, 0.5) is 5.69 Å². The van der Waals surface area contributed by atoms with Crippen LogP contribution in [-0.2, 0) is 9.53 Å². The van der Waals surface area contributed by atoms with Crippen molar-refractivity contribution in [3.05, 3.63) is 46.7 Å². The normalized spacial score (nSPS) is 13.6. The van der Waals surface area contributed by atoms with Crippen LogP contribution in [-0.4, -0.2) is 30.8 Å². The van der Waals surface area contributed by atoms with E-state index in [9.17, 15) is 9.59 Å². The number of anilines is 1. The van der Waals surface area contributed by atoms with Gasteiger partial charge in [-0.25, -0.2) is 4.79 Å². The molecule has 1 aliphatic rings. The molecule has 3 rings (SSSR count). The summed E-state index contributed by atoms with van der Waals surface area (Å²) in [7, 11) is 0. The Bertz CT molecular complexity index is 655.